The van der Waals surface area contributed by atoms with Crippen LogP contribution in [0.4, 0.5) is 0 Å². The van der Waals surface area contributed by atoms with Crippen molar-refractivity contribution in [1.29, 1.82) is 0 Å². The minimum absolute atomic E-state index is 0. The lowest BCUT2D eigenvalue weighted by Crippen LogP contribution is -3.55. The van der Waals surface area contributed by atoms with Gasteiger partial charge in [0.15, 0.2) is 0 Å². The van der Waals surface area contributed by atoms with Crippen LogP contribution in [0.2, 0.25) is 0 Å². The summed E-state index contributed by atoms with van der Waals surface area (Å²) in [5.41, 5.74) is 0. The summed E-state index contributed by atoms with van der Waals surface area (Å²) >= 11 is -0.218. The maximum Gasteiger partial charge on any atom is 0.451 e. The Balaban J connectivity index is 0.000000640. The molecule has 0 aliphatic rings. The highest BCUT2D eigenvalue weighted by atomic mass is 127. The number of halogens is 3. The van der Waals surface area contributed by atoms with Crippen LogP contribution >= 0.6 is 8.91 Å². The molecule has 1 aromatic rings. The summed E-state index contributed by atoms with van der Waals surface area (Å²) in [5, 5.41) is 0. The number of hydrogen-bond donors (Lipinski definition) is 0. The van der Waals surface area contributed by atoms with E-state index in [-0.39, 0.29) is 32.5 Å². The molecule has 0 N–H and O–H groups in total. The molecule has 50 valence electrons. The second kappa shape index (κ2) is 5.33. The Kier molecular flexibility index (Phi) is 5.64. The van der Waals surface area contributed by atoms with E-state index >= 15 is 0 Å². The van der Waals surface area contributed by atoms with Gasteiger partial charge in [-0.15, -0.1) is 0 Å². The molecule has 0 atom stereocenters. The Bertz CT molecular complexity index is 152. The molecule has 9 heavy (non-hydrogen) atoms. The minimum Gasteiger partial charge on any atom is -1.00 e. The third kappa shape index (κ3) is 3.28. The molecule has 0 saturated heterocycles. The molecule has 0 spiro atoms. The van der Waals surface area contributed by atoms with E-state index in [4.69, 9.17) is 8.91 Å². The molecule has 0 heterocycles. The first-order valence-electron chi connectivity index (χ1n) is 2.24. The first-order valence-corrected chi connectivity index (χ1v) is 6.05. The van der Waals surface area contributed by atoms with Gasteiger partial charge in [-0.1, -0.05) is 18.2 Å². The summed E-state index contributed by atoms with van der Waals surface area (Å²) in [6.07, 6.45) is 0. The van der Waals surface area contributed by atoms with Gasteiger partial charge in [-0.2, -0.15) is 0 Å². The van der Waals surface area contributed by atoms with Gasteiger partial charge in [0.05, 0.1) is 0 Å². The van der Waals surface area contributed by atoms with Crippen LogP contribution in [0.25, 0.3) is 0 Å². The summed E-state index contributed by atoms with van der Waals surface area (Å²) in [4.78, 5) is 0. The van der Waals surface area contributed by atoms with Crippen molar-refractivity contribution in [3.8, 4) is 0 Å². The number of hydrogen-bond acceptors (Lipinski definition) is 0. The molecule has 0 aliphatic carbocycles. The van der Waals surface area contributed by atoms with E-state index in [1.807, 2.05) is 18.2 Å². The largest absolute Gasteiger partial charge is 1.00 e. The molecule has 0 radical (unpaired) electrons. The Morgan fingerprint density at radius 3 is 2.00 bits per heavy atom. The fraction of sp³-hybridized carbons (Fsp3) is 0. The standard InChI is InChI=1S/C6H5ClI.ClH/c7-8-6-4-2-1-3-5-6;/h1-5H;1H/q+1;/p-1. The lowest BCUT2D eigenvalue weighted by Gasteiger charge is -1.74. The second-order valence-electron chi connectivity index (χ2n) is 1.37. The molecule has 0 aliphatic heterocycles. The van der Waals surface area contributed by atoms with Crippen molar-refractivity contribution in [2.75, 3.05) is 0 Å². The third-order valence-corrected chi connectivity index (χ3v) is 3.11. The van der Waals surface area contributed by atoms with Crippen molar-refractivity contribution >= 4 is 8.91 Å². The predicted molar refractivity (Wildman–Crippen MR) is 31.0 cm³/mol. The van der Waals surface area contributed by atoms with Crippen molar-refractivity contribution < 1.29 is 32.5 Å². The molecule has 0 nitrogen and oxygen atoms in total. The lowest BCUT2D eigenvalue weighted by atomic mass is 10.4. The van der Waals surface area contributed by atoms with Crippen molar-refractivity contribution in [3.63, 3.8) is 0 Å². The van der Waals surface area contributed by atoms with Crippen LogP contribution in [0.5, 0.6) is 0 Å². The van der Waals surface area contributed by atoms with Gasteiger partial charge in [0.1, 0.15) is 0 Å². The summed E-state index contributed by atoms with van der Waals surface area (Å²) in [6, 6.07) is 10.1. The monoisotopic (exact) mass is 274 g/mol. The van der Waals surface area contributed by atoms with Gasteiger partial charge >= 0.3 is 20.1 Å². The molecular weight excluding hydrogens is 270 g/mol. The Hall–Kier alpha value is 0.530. The maximum absolute atomic E-state index is 5.64. The van der Waals surface area contributed by atoms with Crippen LogP contribution in [0.15, 0.2) is 30.3 Å². The highest BCUT2D eigenvalue weighted by Gasteiger charge is 2.03. The molecule has 0 unspecified atom stereocenters. The average Bonchev–Trinajstić information content (AvgIpc) is 1.90. The quantitative estimate of drug-likeness (QED) is 0.460. The van der Waals surface area contributed by atoms with Gasteiger partial charge in [-0.05, 0) is 12.1 Å². The summed E-state index contributed by atoms with van der Waals surface area (Å²) < 4.78 is 1.29. The molecule has 0 amide bonds. The molecule has 0 saturated carbocycles. The number of rotatable bonds is 1. The number of benzene rings is 1. The molecule has 0 bridgehead atoms. The van der Waals surface area contributed by atoms with Gasteiger partial charge in [-0.25, -0.2) is 0 Å². The van der Waals surface area contributed by atoms with Gasteiger partial charge in [0, 0.05) is 0 Å². The predicted octanol–water partition coefficient (Wildman–Crippen LogP) is -3.90. The van der Waals surface area contributed by atoms with Crippen LogP contribution in [-0.4, -0.2) is 0 Å². The van der Waals surface area contributed by atoms with Crippen LogP contribution in [0.3, 0.4) is 0 Å². The van der Waals surface area contributed by atoms with E-state index in [0.717, 1.165) is 0 Å². The van der Waals surface area contributed by atoms with Crippen molar-refractivity contribution in [2.24, 2.45) is 0 Å². The van der Waals surface area contributed by atoms with Gasteiger partial charge < -0.3 is 12.4 Å². The van der Waals surface area contributed by atoms with Crippen molar-refractivity contribution in [1.82, 2.24) is 0 Å². The average molecular weight is 275 g/mol. The second-order valence-corrected chi connectivity index (χ2v) is 3.98. The topological polar surface area (TPSA) is 0 Å². The van der Waals surface area contributed by atoms with E-state index < -0.39 is 0 Å². The zero-order valence-electron chi connectivity index (χ0n) is 4.52. The SMILES string of the molecule is Cl[I+]c1ccccc1.[Cl-]. The van der Waals surface area contributed by atoms with Gasteiger partial charge in [0.2, 0.25) is 12.5 Å². The van der Waals surface area contributed by atoms with E-state index in [2.05, 4.69) is 12.1 Å². The van der Waals surface area contributed by atoms with Gasteiger partial charge in [-0.3, -0.25) is 0 Å². The molecule has 0 aromatic heterocycles. The Morgan fingerprint density at radius 1 is 1.11 bits per heavy atom. The molecular formula is C6H5Cl2I. The first kappa shape index (κ1) is 9.53. The van der Waals surface area contributed by atoms with Crippen LogP contribution in [0, 0.1) is 3.57 Å². The summed E-state index contributed by atoms with van der Waals surface area (Å²) in [6.45, 7) is 0. The smallest absolute Gasteiger partial charge is 0.451 e. The zero-order valence-corrected chi connectivity index (χ0v) is 8.19. The van der Waals surface area contributed by atoms with E-state index in [0.29, 0.717) is 0 Å². The van der Waals surface area contributed by atoms with Crippen LogP contribution in [0.1, 0.15) is 0 Å². The molecule has 1 rings (SSSR count). The Morgan fingerprint density at radius 2 is 1.67 bits per heavy atom. The van der Waals surface area contributed by atoms with Gasteiger partial charge in [0.25, 0.3) is 0 Å². The van der Waals surface area contributed by atoms with Crippen molar-refractivity contribution in [2.45, 2.75) is 0 Å². The van der Waals surface area contributed by atoms with Crippen molar-refractivity contribution in [3.05, 3.63) is 33.9 Å². The van der Waals surface area contributed by atoms with E-state index in [1.165, 1.54) is 3.57 Å². The lowest BCUT2D eigenvalue weighted by molar-refractivity contribution is -0.470. The molecule has 0 fully saturated rings. The van der Waals surface area contributed by atoms with E-state index in [1.54, 1.807) is 0 Å². The fourth-order valence-electron chi connectivity index (χ4n) is 0.462. The first-order chi connectivity index (χ1) is 3.93. The fourth-order valence-corrected chi connectivity index (χ4v) is 1.79. The highest BCUT2D eigenvalue weighted by molar-refractivity contribution is 6.03. The van der Waals surface area contributed by atoms with E-state index in [9.17, 15) is 0 Å². The highest BCUT2D eigenvalue weighted by Crippen LogP contribution is 1.81. The Labute approximate surface area is 75.0 Å². The van der Waals surface area contributed by atoms with Crippen LogP contribution < -0.4 is 32.5 Å². The molecule has 3 heteroatoms. The normalized spacial score (nSPS) is 8.11. The summed E-state index contributed by atoms with van der Waals surface area (Å²) in [7, 11) is 5.64. The van der Waals surface area contributed by atoms with Crippen LogP contribution in [-0.2, 0) is 0 Å². The third-order valence-electron chi connectivity index (χ3n) is 0.816. The maximum atomic E-state index is 5.64. The zero-order chi connectivity index (χ0) is 5.82. The minimum atomic E-state index is -0.218. The summed E-state index contributed by atoms with van der Waals surface area (Å²) in [5.74, 6) is 0. The molecule has 1 aromatic carbocycles.